The maximum absolute atomic E-state index is 3.33. The van der Waals surface area contributed by atoms with Crippen molar-refractivity contribution in [1.82, 2.24) is 15.1 Å². The van der Waals surface area contributed by atoms with Gasteiger partial charge in [-0.2, -0.15) is 0 Å². The third-order valence-electron chi connectivity index (χ3n) is 3.03. The van der Waals surface area contributed by atoms with Crippen LogP contribution in [-0.4, -0.2) is 62.2 Å². The summed E-state index contributed by atoms with van der Waals surface area (Å²) in [6.07, 6.45) is 1.34. The Hall–Kier alpha value is 0.750. The Labute approximate surface area is 111 Å². The van der Waals surface area contributed by atoms with Crippen LogP contribution in [0.15, 0.2) is 0 Å². The summed E-state index contributed by atoms with van der Waals surface area (Å²) in [6.45, 7) is 7.51. The molecule has 0 aromatic heterocycles. The quantitative estimate of drug-likeness (QED) is 0.768. The zero-order valence-electron chi connectivity index (χ0n) is 9.15. The lowest BCUT2D eigenvalue weighted by Crippen LogP contribution is -2.57. The molecule has 0 atom stereocenters. The number of hydrogen-bond acceptors (Lipinski definition) is 3. The van der Waals surface area contributed by atoms with Crippen molar-refractivity contribution in [3.63, 3.8) is 0 Å². The minimum absolute atomic E-state index is 0. The van der Waals surface area contributed by atoms with Crippen molar-refractivity contribution in [3.8, 4) is 0 Å². The van der Waals surface area contributed by atoms with E-state index in [4.69, 9.17) is 0 Å². The number of hydrogen-bond donors (Lipinski definition) is 1. The largest absolute Gasteiger partial charge is 0.314 e. The van der Waals surface area contributed by atoms with Crippen LogP contribution in [0.2, 0.25) is 0 Å². The van der Waals surface area contributed by atoms with Crippen LogP contribution in [0.5, 0.6) is 0 Å². The molecule has 2 aliphatic rings. The number of likely N-dealkylation sites (N-methyl/N-ethyl adjacent to an activating group) is 1. The second-order valence-electron chi connectivity index (χ2n) is 4.00. The molecule has 0 aliphatic carbocycles. The fraction of sp³-hybridized carbons (Fsp3) is 1.00. The number of nitrogens with one attached hydrogen (secondary N) is 1. The Bertz CT molecular complexity index is 156. The van der Waals surface area contributed by atoms with Crippen molar-refractivity contribution in [3.05, 3.63) is 0 Å². The van der Waals surface area contributed by atoms with E-state index in [-0.39, 0.29) is 37.2 Å². The van der Waals surface area contributed by atoms with Crippen LogP contribution < -0.4 is 5.32 Å². The van der Waals surface area contributed by atoms with Gasteiger partial charge in [0.15, 0.2) is 0 Å². The average Bonchev–Trinajstić information content (AvgIpc) is 2.12. The second kappa shape index (κ2) is 8.85. The van der Waals surface area contributed by atoms with Gasteiger partial charge < -0.3 is 10.2 Å². The Balaban J connectivity index is 0. The first-order valence-corrected chi connectivity index (χ1v) is 4.99. The molecular formula is C9H22Cl3N3. The highest BCUT2D eigenvalue weighted by molar-refractivity contribution is 5.86. The van der Waals surface area contributed by atoms with Gasteiger partial charge in [0.1, 0.15) is 0 Å². The number of halogens is 3. The maximum atomic E-state index is 3.33. The SMILES string of the molecule is CN1CCCN(C2CNC2)CC1.Cl.Cl.Cl. The van der Waals surface area contributed by atoms with E-state index >= 15 is 0 Å². The van der Waals surface area contributed by atoms with E-state index in [1.165, 1.54) is 45.7 Å². The van der Waals surface area contributed by atoms with E-state index in [1.54, 1.807) is 0 Å². The van der Waals surface area contributed by atoms with Crippen molar-refractivity contribution >= 4 is 37.2 Å². The minimum atomic E-state index is 0. The van der Waals surface area contributed by atoms with Gasteiger partial charge >= 0.3 is 0 Å². The molecule has 0 unspecified atom stereocenters. The predicted molar refractivity (Wildman–Crippen MR) is 72.1 cm³/mol. The normalized spacial score (nSPS) is 23.8. The smallest absolute Gasteiger partial charge is 0.0345 e. The van der Waals surface area contributed by atoms with Crippen molar-refractivity contribution < 1.29 is 0 Å². The summed E-state index contributed by atoms with van der Waals surface area (Å²) in [5.74, 6) is 0. The minimum Gasteiger partial charge on any atom is -0.314 e. The van der Waals surface area contributed by atoms with E-state index in [0.29, 0.717) is 0 Å². The summed E-state index contributed by atoms with van der Waals surface area (Å²) in [6, 6.07) is 0.844. The lowest BCUT2D eigenvalue weighted by atomic mass is 10.1. The molecule has 2 fully saturated rings. The Morgan fingerprint density at radius 3 is 2.13 bits per heavy atom. The zero-order chi connectivity index (χ0) is 8.39. The molecule has 0 aromatic rings. The second-order valence-corrected chi connectivity index (χ2v) is 4.00. The molecule has 2 heterocycles. The summed E-state index contributed by atoms with van der Waals surface area (Å²) < 4.78 is 0. The van der Waals surface area contributed by atoms with Crippen LogP contribution in [0.4, 0.5) is 0 Å². The molecule has 0 radical (unpaired) electrons. The molecule has 0 aromatic carbocycles. The van der Waals surface area contributed by atoms with Gasteiger partial charge in [-0.1, -0.05) is 0 Å². The molecule has 1 N–H and O–H groups in total. The molecule has 0 saturated carbocycles. The molecule has 0 amide bonds. The summed E-state index contributed by atoms with van der Waals surface area (Å²) in [4.78, 5) is 5.08. The summed E-state index contributed by atoms with van der Waals surface area (Å²) in [5, 5.41) is 3.33. The molecular weight excluding hydrogens is 256 g/mol. The van der Waals surface area contributed by atoms with Gasteiger partial charge in [-0.15, -0.1) is 37.2 Å². The fourth-order valence-corrected chi connectivity index (χ4v) is 1.96. The third kappa shape index (κ3) is 5.07. The number of rotatable bonds is 1. The highest BCUT2D eigenvalue weighted by Gasteiger charge is 2.25. The molecule has 2 rings (SSSR count). The molecule has 15 heavy (non-hydrogen) atoms. The molecule has 6 heteroatoms. The fourth-order valence-electron chi connectivity index (χ4n) is 1.96. The van der Waals surface area contributed by atoms with Crippen LogP contribution in [0.3, 0.4) is 0 Å². The molecule has 3 nitrogen and oxygen atoms in total. The van der Waals surface area contributed by atoms with Crippen LogP contribution in [0.1, 0.15) is 6.42 Å². The van der Waals surface area contributed by atoms with Gasteiger partial charge in [0, 0.05) is 32.2 Å². The van der Waals surface area contributed by atoms with Gasteiger partial charge in [-0.25, -0.2) is 0 Å². The summed E-state index contributed by atoms with van der Waals surface area (Å²) in [7, 11) is 2.22. The topological polar surface area (TPSA) is 18.5 Å². The lowest BCUT2D eigenvalue weighted by Gasteiger charge is -2.37. The Morgan fingerprint density at radius 2 is 1.60 bits per heavy atom. The number of nitrogens with zero attached hydrogens (tertiary/aromatic N) is 2. The standard InChI is InChI=1S/C9H19N3.3ClH/c1-11-3-2-4-12(6-5-11)9-7-10-8-9;;;/h9-10H,2-8H2,1H3;3*1H. The van der Waals surface area contributed by atoms with E-state index < -0.39 is 0 Å². The summed E-state index contributed by atoms with van der Waals surface area (Å²) in [5.41, 5.74) is 0. The zero-order valence-corrected chi connectivity index (χ0v) is 11.6. The first-order valence-electron chi connectivity index (χ1n) is 4.99. The highest BCUT2D eigenvalue weighted by Crippen LogP contribution is 2.08. The highest BCUT2D eigenvalue weighted by atomic mass is 35.5. The van der Waals surface area contributed by atoms with Gasteiger partial charge in [-0.05, 0) is 26.6 Å². The Morgan fingerprint density at radius 1 is 0.933 bits per heavy atom. The first kappa shape index (κ1) is 18.1. The molecule has 0 spiro atoms. The molecule has 94 valence electrons. The Kier molecular flexibility index (Phi) is 10.7. The predicted octanol–water partition coefficient (Wildman–Crippen LogP) is 0.861. The van der Waals surface area contributed by atoms with Gasteiger partial charge in [0.25, 0.3) is 0 Å². The van der Waals surface area contributed by atoms with Crippen LogP contribution in [0, 0.1) is 0 Å². The van der Waals surface area contributed by atoms with Gasteiger partial charge in [0.2, 0.25) is 0 Å². The van der Waals surface area contributed by atoms with E-state index in [2.05, 4.69) is 22.2 Å². The third-order valence-corrected chi connectivity index (χ3v) is 3.03. The summed E-state index contributed by atoms with van der Waals surface area (Å²) >= 11 is 0. The van der Waals surface area contributed by atoms with Crippen molar-refractivity contribution in [2.75, 3.05) is 46.3 Å². The molecule has 2 saturated heterocycles. The monoisotopic (exact) mass is 277 g/mol. The van der Waals surface area contributed by atoms with Gasteiger partial charge in [0.05, 0.1) is 0 Å². The van der Waals surface area contributed by atoms with Crippen LogP contribution in [-0.2, 0) is 0 Å². The van der Waals surface area contributed by atoms with Crippen molar-refractivity contribution in [2.45, 2.75) is 12.5 Å². The molecule has 2 aliphatic heterocycles. The van der Waals surface area contributed by atoms with E-state index in [1.807, 2.05) is 0 Å². The average molecular weight is 279 g/mol. The van der Waals surface area contributed by atoms with Crippen LogP contribution in [0.25, 0.3) is 0 Å². The van der Waals surface area contributed by atoms with E-state index in [9.17, 15) is 0 Å². The van der Waals surface area contributed by atoms with Crippen molar-refractivity contribution in [2.24, 2.45) is 0 Å². The first-order chi connectivity index (χ1) is 5.86. The van der Waals surface area contributed by atoms with Crippen molar-refractivity contribution in [1.29, 1.82) is 0 Å². The van der Waals surface area contributed by atoms with Gasteiger partial charge in [-0.3, -0.25) is 4.90 Å². The lowest BCUT2D eigenvalue weighted by molar-refractivity contribution is 0.151. The molecule has 0 bridgehead atoms. The van der Waals surface area contributed by atoms with Crippen LogP contribution >= 0.6 is 37.2 Å². The maximum Gasteiger partial charge on any atom is 0.0345 e. The van der Waals surface area contributed by atoms with E-state index in [0.717, 1.165) is 6.04 Å².